The van der Waals surface area contributed by atoms with E-state index in [1.165, 1.54) is 18.2 Å². The molecule has 2 rings (SSSR count). The third kappa shape index (κ3) is 4.31. The molecule has 0 spiro atoms. The Bertz CT molecular complexity index is 520. The highest BCUT2D eigenvalue weighted by Crippen LogP contribution is 2.31. The predicted molar refractivity (Wildman–Crippen MR) is 73.8 cm³/mol. The first-order valence-corrected chi connectivity index (χ1v) is 6.97. The molecule has 0 saturated heterocycles. The van der Waals surface area contributed by atoms with Crippen LogP contribution < -0.4 is 5.43 Å². The van der Waals surface area contributed by atoms with Crippen LogP contribution in [-0.4, -0.2) is 12.1 Å². The summed E-state index contributed by atoms with van der Waals surface area (Å²) in [5, 5.41) is 3.67. The Hall–Kier alpha value is -1.85. The largest absolute Gasteiger partial charge is 0.417 e. The number of nitrogens with one attached hydrogen (secondary N) is 1. The molecule has 1 fully saturated rings. The number of alkyl halides is 3. The van der Waals surface area contributed by atoms with Crippen LogP contribution in [0.1, 0.15) is 43.2 Å². The fourth-order valence-electron chi connectivity index (χ4n) is 2.49. The Balaban J connectivity index is 2.00. The molecular formula is C15H17F3N2O. The second-order valence-corrected chi connectivity index (χ2v) is 5.15. The quantitative estimate of drug-likeness (QED) is 0.670. The average Bonchev–Trinajstić information content (AvgIpc) is 2.47. The summed E-state index contributed by atoms with van der Waals surface area (Å²) in [6, 6.07) is 5.13. The number of carbonyl (C=O) groups excluding carboxylic acids is 1. The Morgan fingerprint density at radius 1 is 1.19 bits per heavy atom. The normalized spacial score (nSPS) is 17.1. The first kappa shape index (κ1) is 15.5. The second kappa shape index (κ2) is 6.74. The minimum Gasteiger partial charge on any atom is -0.273 e. The van der Waals surface area contributed by atoms with E-state index >= 15 is 0 Å². The Labute approximate surface area is 121 Å². The average molecular weight is 298 g/mol. The lowest BCUT2D eigenvalue weighted by molar-refractivity contribution is -0.137. The van der Waals surface area contributed by atoms with Gasteiger partial charge in [-0.2, -0.15) is 18.3 Å². The van der Waals surface area contributed by atoms with Crippen molar-refractivity contribution in [3.63, 3.8) is 0 Å². The summed E-state index contributed by atoms with van der Waals surface area (Å²) < 4.78 is 38.3. The molecular weight excluding hydrogens is 281 g/mol. The number of rotatable bonds is 3. The Morgan fingerprint density at radius 3 is 2.52 bits per heavy atom. The number of hydrogen-bond donors (Lipinski definition) is 1. The van der Waals surface area contributed by atoms with Crippen LogP contribution in [-0.2, 0) is 11.0 Å². The van der Waals surface area contributed by atoms with Crippen LogP contribution in [0.15, 0.2) is 29.4 Å². The SMILES string of the molecule is O=C(N/N=C\c1ccccc1C(F)(F)F)C1CCCCC1. The minimum atomic E-state index is -4.43. The molecule has 1 aliphatic carbocycles. The summed E-state index contributed by atoms with van der Waals surface area (Å²) in [5.41, 5.74) is 1.52. The van der Waals surface area contributed by atoms with Crippen LogP contribution in [0.2, 0.25) is 0 Å². The zero-order valence-electron chi connectivity index (χ0n) is 11.5. The summed E-state index contributed by atoms with van der Waals surface area (Å²) in [6.07, 6.45) is 1.41. The highest BCUT2D eigenvalue weighted by atomic mass is 19.4. The molecule has 1 aromatic carbocycles. The van der Waals surface area contributed by atoms with Crippen LogP contribution >= 0.6 is 0 Å². The molecule has 114 valence electrons. The summed E-state index contributed by atoms with van der Waals surface area (Å²) in [7, 11) is 0. The molecule has 0 aromatic heterocycles. The number of nitrogens with zero attached hydrogens (tertiary/aromatic N) is 1. The maximum absolute atomic E-state index is 12.8. The van der Waals surface area contributed by atoms with Crippen LogP contribution in [0.4, 0.5) is 13.2 Å². The van der Waals surface area contributed by atoms with E-state index in [0.29, 0.717) is 0 Å². The zero-order valence-corrected chi connectivity index (χ0v) is 11.5. The van der Waals surface area contributed by atoms with E-state index in [4.69, 9.17) is 0 Å². The van der Waals surface area contributed by atoms with E-state index in [2.05, 4.69) is 10.5 Å². The van der Waals surface area contributed by atoms with Gasteiger partial charge in [-0.3, -0.25) is 4.79 Å². The van der Waals surface area contributed by atoms with Crippen LogP contribution in [0, 0.1) is 5.92 Å². The van der Waals surface area contributed by atoms with E-state index in [-0.39, 0.29) is 17.4 Å². The Kier molecular flexibility index (Phi) is 4.98. The van der Waals surface area contributed by atoms with Gasteiger partial charge in [0.15, 0.2) is 0 Å². The third-order valence-electron chi connectivity index (χ3n) is 3.62. The molecule has 0 radical (unpaired) electrons. The molecule has 1 N–H and O–H groups in total. The van der Waals surface area contributed by atoms with Gasteiger partial charge in [-0.25, -0.2) is 5.43 Å². The number of hydrogen-bond acceptors (Lipinski definition) is 2. The molecule has 0 atom stereocenters. The number of carbonyl (C=O) groups is 1. The van der Waals surface area contributed by atoms with E-state index in [1.807, 2.05) is 0 Å². The molecule has 1 amide bonds. The standard InChI is InChI=1S/C15H17F3N2O/c16-15(17,18)13-9-5-4-8-12(13)10-19-20-14(21)11-6-2-1-3-7-11/h4-5,8-11H,1-3,6-7H2,(H,20,21)/b19-10-. The minimum absolute atomic E-state index is 0.0612. The molecule has 0 heterocycles. The topological polar surface area (TPSA) is 41.5 Å². The molecule has 0 bridgehead atoms. The van der Waals surface area contributed by atoms with Gasteiger partial charge in [-0.1, -0.05) is 37.5 Å². The van der Waals surface area contributed by atoms with Crippen molar-refractivity contribution in [1.29, 1.82) is 0 Å². The predicted octanol–water partition coefficient (Wildman–Crippen LogP) is 3.74. The molecule has 1 saturated carbocycles. The first-order chi connectivity index (χ1) is 9.98. The van der Waals surface area contributed by atoms with Gasteiger partial charge in [0.2, 0.25) is 5.91 Å². The highest BCUT2D eigenvalue weighted by molar-refractivity contribution is 5.84. The summed E-state index contributed by atoms with van der Waals surface area (Å²) >= 11 is 0. The molecule has 0 unspecified atom stereocenters. The van der Waals surface area contributed by atoms with Crippen molar-refractivity contribution in [3.05, 3.63) is 35.4 Å². The van der Waals surface area contributed by atoms with Crippen LogP contribution in [0.5, 0.6) is 0 Å². The monoisotopic (exact) mass is 298 g/mol. The van der Waals surface area contributed by atoms with Gasteiger partial charge in [-0.15, -0.1) is 0 Å². The molecule has 6 heteroatoms. The van der Waals surface area contributed by atoms with E-state index < -0.39 is 11.7 Å². The van der Waals surface area contributed by atoms with Crippen molar-refractivity contribution in [1.82, 2.24) is 5.43 Å². The van der Waals surface area contributed by atoms with Gasteiger partial charge in [-0.05, 0) is 18.9 Å². The smallest absolute Gasteiger partial charge is 0.273 e. The van der Waals surface area contributed by atoms with Gasteiger partial charge in [0, 0.05) is 11.5 Å². The van der Waals surface area contributed by atoms with Gasteiger partial charge in [0.05, 0.1) is 11.8 Å². The molecule has 3 nitrogen and oxygen atoms in total. The highest BCUT2D eigenvalue weighted by Gasteiger charge is 2.32. The fraction of sp³-hybridized carbons (Fsp3) is 0.467. The number of halogens is 3. The summed E-state index contributed by atoms with van der Waals surface area (Å²) in [4.78, 5) is 11.8. The summed E-state index contributed by atoms with van der Waals surface area (Å²) in [6.45, 7) is 0. The lowest BCUT2D eigenvalue weighted by atomic mass is 9.89. The van der Waals surface area contributed by atoms with Crippen LogP contribution in [0.3, 0.4) is 0 Å². The number of benzene rings is 1. The van der Waals surface area contributed by atoms with Crippen molar-refractivity contribution < 1.29 is 18.0 Å². The lowest BCUT2D eigenvalue weighted by Crippen LogP contribution is -2.28. The maximum atomic E-state index is 12.8. The second-order valence-electron chi connectivity index (χ2n) is 5.15. The Morgan fingerprint density at radius 2 is 1.86 bits per heavy atom. The van der Waals surface area contributed by atoms with E-state index in [9.17, 15) is 18.0 Å². The van der Waals surface area contributed by atoms with E-state index in [0.717, 1.165) is 44.4 Å². The molecule has 1 aromatic rings. The maximum Gasteiger partial charge on any atom is 0.417 e. The molecule has 21 heavy (non-hydrogen) atoms. The van der Waals surface area contributed by atoms with Crippen molar-refractivity contribution in [3.8, 4) is 0 Å². The third-order valence-corrected chi connectivity index (χ3v) is 3.62. The van der Waals surface area contributed by atoms with Gasteiger partial charge in [0.1, 0.15) is 0 Å². The van der Waals surface area contributed by atoms with Crippen molar-refractivity contribution >= 4 is 12.1 Å². The fourth-order valence-corrected chi connectivity index (χ4v) is 2.49. The lowest BCUT2D eigenvalue weighted by Gasteiger charge is -2.19. The summed E-state index contributed by atoms with van der Waals surface area (Å²) in [5.74, 6) is -0.288. The van der Waals surface area contributed by atoms with Crippen molar-refractivity contribution in [2.75, 3.05) is 0 Å². The number of hydrazone groups is 1. The van der Waals surface area contributed by atoms with Gasteiger partial charge in [0.25, 0.3) is 0 Å². The van der Waals surface area contributed by atoms with Crippen molar-refractivity contribution in [2.45, 2.75) is 38.3 Å². The van der Waals surface area contributed by atoms with Crippen molar-refractivity contribution in [2.24, 2.45) is 11.0 Å². The first-order valence-electron chi connectivity index (χ1n) is 6.97. The van der Waals surface area contributed by atoms with Gasteiger partial charge < -0.3 is 0 Å². The van der Waals surface area contributed by atoms with Crippen LogP contribution in [0.25, 0.3) is 0 Å². The van der Waals surface area contributed by atoms with E-state index in [1.54, 1.807) is 0 Å². The zero-order chi connectivity index (χ0) is 15.3. The van der Waals surface area contributed by atoms with Gasteiger partial charge >= 0.3 is 6.18 Å². The molecule has 1 aliphatic rings. The molecule has 0 aliphatic heterocycles. The number of amides is 1.